The molecule has 1 amide bonds. The first-order valence-corrected chi connectivity index (χ1v) is 12.0. The lowest BCUT2D eigenvalue weighted by Crippen LogP contribution is -2.51. The number of likely N-dealkylation sites (tertiary alicyclic amines) is 2. The fraction of sp³-hybridized carbons (Fsp3) is 0.783. The van der Waals surface area contributed by atoms with Crippen LogP contribution in [0.25, 0.3) is 0 Å². The van der Waals surface area contributed by atoms with Crippen molar-refractivity contribution in [3.05, 3.63) is 21.6 Å². The lowest BCUT2D eigenvalue weighted by Gasteiger charge is -2.41. The van der Waals surface area contributed by atoms with E-state index in [9.17, 15) is 9.59 Å². The molecular formula is C23H35N5O3. The quantitative estimate of drug-likeness (QED) is 0.763. The van der Waals surface area contributed by atoms with Gasteiger partial charge in [0.15, 0.2) is 0 Å². The number of nitrogens with one attached hydrogen (secondary N) is 1. The van der Waals surface area contributed by atoms with Gasteiger partial charge < -0.3 is 14.5 Å². The SMILES string of the molecule is CN1CCCCCC1C(=O)N1CCC2(CCc3c2nc(N2CCOCC2)[nH]c3=O)CC1. The maximum absolute atomic E-state index is 13.3. The van der Waals surface area contributed by atoms with E-state index >= 15 is 0 Å². The van der Waals surface area contributed by atoms with Gasteiger partial charge in [-0.2, -0.15) is 0 Å². The van der Waals surface area contributed by atoms with Crippen LogP contribution in [0, 0.1) is 0 Å². The number of aromatic amines is 1. The molecule has 1 spiro atoms. The predicted octanol–water partition coefficient (Wildman–Crippen LogP) is 1.29. The molecule has 3 saturated heterocycles. The molecule has 3 fully saturated rings. The molecule has 0 aromatic carbocycles. The molecule has 1 aliphatic carbocycles. The highest BCUT2D eigenvalue weighted by Crippen LogP contribution is 2.44. The lowest BCUT2D eigenvalue weighted by molar-refractivity contribution is -0.138. The van der Waals surface area contributed by atoms with E-state index in [-0.39, 0.29) is 17.0 Å². The van der Waals surface area contributed by atoms with Crippen molar-refractivity contribution in [2.75, 3.05) is 57.9 Å². The van der Waals surface area contributed by atoms with Crippen molar-refractivity contribution in [2.24, 2.45) is 0 Å². The van der Waals surface area contributed by atoms with Gasteiger partial charge in [-0.05, 0) is 52.1 Å². The van der Waals surface area contributed by atoms with Gasteiger partial charge in [-0.3, -0.25) is 19.5 Å². The van der Waals surface area contributed by atoms with E-state index in [1.165, 1.54) is 12.8 Å². The van der Waals surface area contributed by atoms with Crippen molar-refractivity contribution in [2.45, 2.75) is 62.8 Å². The third-order valence-corrected chi connectivity index (χ3v) is 8.01. The number of ether oxygens (including phenoxy) is 1. The molecule has 8 heteroatoms. The first-order chi connectivity index (χ1) is 15.1. The van der Waals surface area contributed by atoms with Gasteiger partial charge in [0.05, 0.1) is 24.9 Å². The number of likely N-dealkylation sites (N-methyl/N-ethyl adjacent to an activating group) is 1. The number of carbonyl (C=O) groups is 1. The number of nitrogens with zero attached hydrogens (tertiary/aromatic N) is 4. The van der Waals surface area contributed by atoms with Gasteiger partial charge in [0.25, 0.3) is 5.56 Å². The van der Waals surface area contributed by atoms with Crippen LogP contribution in [0.4, 0.5) is 5.95 Å². The van der Waals surface area contributed by atoms with Gasteiger partial charge in [-0.25, -0.2) is 4.98 Å². The molecule has 0 radical (unpaired) electrons. The largest absolute Gasteiger partial charge is 0.378 e. The van der Waals surface area contributed by atoms with E-state index < -0.39 is 0 Å². The second kappa shape index (κ2) is 8.54. The molecule has 5 rings (SSSR count). The first kappa shape index (κ1) is 20.9. The van der Waals surface area contributed by atoms with Crippen LogP contribution in [0.2, 0.25) is 0 Å². The second-order valence-electron chi connectivity index (χ2n) is 9.77. The standard InChI is InChI=1S/C23H35N5O3/c1-26-10-4-2-3-5-18(26)21(30)27-11-8-23(9-12-27)7-6-17-19(23)24-22(25-20(17)29)28-13-15-31-16-14-28/h18H,2-16H2,1H3,(H,24,25,29). The van der Waals surface area contributed by atoms with Gasteiger partial charge in [0, 0.05) is 37.2 Å². The summed E-state index contributed by atoms with van der Waals surface area (Å²) in [6.45, 7) is 5.39. The summed E-state index contributed by atoms with van der Waals surface area (Å²) in [5, 5.41) is 0. The molecule has 1 aromatic rings. The zero-order chi connectivity index (χ0) is 21.4. The summed E-state index contributed by atoms with van der Waals surface area (Å²) >= 11 is 0. The van der Waals surface area contributed by atoms with Crippen LogP contribution in [0.5, 0.6) is 0 Å². The van der Waals surface area contributed by atoms with Gasteiger partial charge in [-0.15, -0.1) is 0 Å². The van der Waals surface area contributed by atoms with E-state index in [0.29, 0.717) is 25.1 Å². The summed E-state index contributed by atoms with van der Waals surface area (Å²) in [5.41, 5.74) is 1.82. The number of H-pyrrole nitrogens is 1. The first-order valence-electron chi connectivity index (χ1n) is 12.0. The average molecular weight is 430 g/mol. The topological polar surface area (TPSA) is 81.8 Å². The molecule has 4 heterocycles. The van der Waals surface area contributed by atoms with Crippen molar-refractivity contribution in [1.82, 2.24) is 19.8 Å². The number of carbonyl (C=O) groups excluding carboxylic acids is 1. The number of rotatable bonds is 2. The Balaban J connectivity index is 1.33. The third-order valence-electron chi connectivity index (χ3n) is 8.01. The normalized spacial score (nSPS) is 26.7. The van der Waals surface area contributed by atoms with Crippen LogP contribution in [0.1, 0.15) is 56.2 Å². The van der Waals surface area contributed by atoms with Crippen LogP contribution < -0.4 is 10.5 Å². The van der Waals surface area contributed by atoms with Crippen LogP contribution in [-0.4, -0.2) is 84.7 Å². The summed E-state index contributed by atoms with van der Waals surface area (Å²) in [5.74, 6) is 0.984. The molecule has 1 unspecified atom stereocenters. The smallest absolute Gasteiger partial charge is 0.255 e. The number of piperidine rings is 1. The van der Waals surface area contributed by atoms with Crippen molar-refractivity contribution < 1.29 is 9.53 Å². The molecule has 8 nitrogen and oxygen atoms in total. The summed E-state index contributed by atoms with van der Waals surface area (Å²) in [6, 6.07) is 0.0290. The zero-order valence-electron chi connectivity index (χ0n) is 18.7. The fourth-order valence-electron chi connectivity index (χ4n) is 5.98. The number of fused-ring (bicyclic) bond motifs is 2. The average Bonchev–Trinajstić information content (AvgIpc) is 3.00. The van der Waals surface area contributed by atoms with Crippen LogP contribution in [0.3, 0.4) is 0 Å². The molecule has 170 valence electrons. The number of hydrogen-bond donors (Lipinski definition) is 1. The zero-order valence-corrected chi connectivity index (χ0v) is 18.7. The predicted molar refractivity (Wildman–Crippen MR) is 119 cm³/mol. The van der Waals surface area contributed by atoms with E-state index in [0.717, 1.165) is 82.5 Å². The highest BCUT2D eigenvalue weighted by Gasteiger charge is 2.45. The summed E-state index contributed by atoms with van der Waals surface area (Å²) in [6.07, 6.45) is 8.09. The van der Waals surface area contributed by atoms with E-state index in [1.54, 1.807) is 0 Å². The summed E-state index contributed by atoms with van der Waals surface area (Å²) < 4.78 is 5.45. The van der Waals surface area contributed by atoms with E-state index in [4.69, 9.17) is 9.72 Å². The molecule has 3 aliphatic heterocycles. The van der Waals surface area contributed by atoms with Crippen LogP contribution in [0.15, 0.2) is 4.79 Å². The highest BCUT2D eigenvalue weighted by atomic mass is 16.5. The summed E-state index contributed by atoms with van der Waals surface area (Å²) in [7, 11) is 2.09. The Kier molecular flexibility index (Phi) is 5.77. The number of amides is 1. The molecule has 0 bridgehead atoms. The van der Waals surface area contributed by atoms with Crippen LogP contribution in [-0.2, 0) is 21.4 Å². The fourth-order valence-corrected chi connectivity index (χ4v) is 5.98. The van der Waals surface area contributed by atoms with Crippen molar-refractivity contribution in [3.63, 3.8) is 0 Å². The van der Waals surface area contributed by atoms with Crippen molar-refractivity contribution >= 4 is 11.9 Å². The number of hydrogen-bond acceptors (Lipinski definition) is 6. The Morgan fingerprint density at radius 3 is 2.61 bits per heavy atom. The summed E-state index contributed by atoms with van der Waals surface area (Å²) in [4.78, 5) is 40.6. The Labute approximate surface area is 183 Å². The molecule has 1 N–H and O–H groups in total. The molecule has 1 atom stereocenters. The molecule has 1 aromatic heterocycles. The minimum atomic E-state index is -0.0588. The second-order valence-corrected chi connectivity index (χ2v) is 9.77. The number of anilines is 1. The van der Waals surface area contributed by atoms with Crippen molar-refractivity contribution in [1.29, 1.82) is 0 Å². The van der Waals surface area contributed by atoms with Crippen molar-refractivity contribution in [3.8, 4) is 0 Å². The Hall–Kier alpha value is -1.93. The Morgan fingerprint density at radius 2 is 1.84 bits per heavy atom. The van der Waals surface area contributed by atoms with Gasteiger partial charge in [0.1, 0.15) is 0 Å². The molecule has 31 heavy (non-hydrogen) atoms. The maximum atomic E-state index is 13.3. The lowest BCUT2D eigenvalue weighted by atomic mass is 9.76. The van der Waals surface area contributed by atoms with Gasteiger partial charge >= 0.3 is 0 Å². The minimum Gasteiger partial charge on any atom is -0.378 e. The van der Waals surface area contributed by atoms with Crippen LogP contribution >= 0.6 is 0 Å². The van der Waals surface area contributed by atoms with E-state index in [1.807, 2.05) is 0 Å². The number of aromatic nitrogens is 2. The van der Waals surface area contributed by atoms with Gasteiger partial charge in [0.2, 0.25) is 11.9 Å². The molecule has 4 aliphatic rings. The Morgan fingerprint density at radius 1 is 1.06 bits per heavy atom. The molecule has 0 saturated carbocycles. The third kappa shape index (κ3) is 3.89. The number of morpholine rings is 1. The monoisotopic (exact) mass is 429 g/mol. The Bertz CT molecular complexity index is 870. The van der Waals surface area contributed by atoms with Gasteiger partial charge in [-0.1, -0.05) is 12.8 Å². The van der Waals surface area contributed by atoms with E-state index in [2.05, 4.69) is 26.7 Å². The maximum Gasteiger partial charge on any atom is 0.255 e. The molecular weight excluding hydrogens is 394 g/mol. The highest BCUT2D eigenvalue weighted by molar-refractivity contribution is 5.82. The minimum absolute atomic E-state index is 0.0157.